The van der Waals surface area contributed by atoms with Crippen molar-refractivity contribution in [3.8, 4) is 11.3 Å². The molecule has 2 aromatic heterocycles. The minimum atomic E-state index is -0.521. The summed E-state index contributed by atoms with van der Waals surface area (Å²) in [5.74, 6) is 0.503. The van der Waals surface area contributed by atoms with Gasteiger partial charge in [-0.15, -0.1) is 0 Å². The Bertz CT molecular complexity index is 1130. The molecule has 10 nitrogen and oxygen atoms in total. The van der Waals surface area contributed by atoms with Crippen LogP contribution in [0.15, 0.2) is 46.0 Å². The number of halogens is 1. The van der Waals surface area contributed by atoms with Gasteiger partial charge >= 0.3 is 0 Å². The third-order valence-electron chi connectivity index (χ3n) is 4.63. The van der Waals surface area contributed by atoms with Gasteiger partial charge in [-0.2, -0.15) is 10.1 Å². The minimum absolute atomic E-state index is 0.0358. The number of hydrazone groups is 1. The third kappa shape index (κ3) is 4.67. The molecule has 0 aliphatic carbocycles. The zero-order chi connectivity index (χ0) is 21.8. The quantitative estimate of drug-likeness (QED) is 0.362. The Kier molecular flexibility index (Phi) is 5.85. The van der Waals surface area contributed by atoms with Crippen molar-refractivity contribution in [2.75, 3.05) is 36.6 Å². The highest BCUT2D eigenvalue weighted by atomic mass is 19.1. The number of nitrogens with one attached hydrogen (secondary N) is 1. The van der Waals surface area contributed by atoms with E-state index in [1.807, 2.05) is 0 Å². The Morgan fingerprint density at radius 1 is 1.29 bits per heavy atom. The van der Waals surface area contributed by atoms with E-state index in [1.54, 1.807) is 36.1 Å². The third-order valence-corrected chi connectivity index (χ3v) is 4.63. The van der Waals surface area contributed by atoms with Gasteiger partial charge in [0.05, 0.1) is 36.1 Å². The fourth-order valence-corrected chi connectivity index (χ4v) is 3.13. The van der Waals surface area contributed by atoms with Crippen LogP contribution >= 0.6 is 0 Å². The number of aryl methyl sites for hydroxylation is 1. The van der Waals surface area contributed by atoms with Crippen molar-refractivity contribution in [1.82, 2.24) is 9.97 Å². The maximum Gasteiger partial charge on any atom is 0.280 e. The highest BCUT2D eigenvalue weighted by Gasteiger charge is 2.19. The highest BCUT2D eigenvalue weighted by molar-refractivity contribution is 5.79. The van der Waals surface area contributed by atoms with Crippen LogP contribution in [0.2, 0.25) is 0 Å². The minimum Gasteiger partial charge on any atom is -0.455 e. The molecule has 1 aliphatic rings. The lowest BCUT2D eigenvalue weighted by Crippen LogP contribution is -2.37. The molecule has 31 heavy (non-hydrogen) atoms. The second kappa shape index (κ2) is 8.88. The molecule has 1 fully saturated rings. The van der Waals surface area contributed by atoms with E-state index in [2.05, 4.69) is 20.5 Å². The Hall–Kier alpha value is -3.86. The molecule has 1 aliphatic heterocycles. The molecular formula is C20H19FN6O4. The van der Waals surface area contributed by atoms with E-state index in [4.69, 9.17) is 9.15 Å². The number of aromatic nitrogens is 2. The van der Waals surface area contributed by atoms with Crippen LogP contribution in [-0.4, -0.2) is 47.4 Å². The summed E-state index contributed by atoms with van der Waals surface area (Å²) in [5.41, 5.74) is 3.76. The molecule has 0 spiro atoms. The zero-order valence-corrected chi connectivity index (χ0v) is 16.6. The van der Waals surface area contributed by atoms with Gasteiger partial charge in [-0.3, -0.25) is 10.1 Å². The number of morpholine rings is 1. The monoisotopic (exact) mass is 426 g/mol. The van der Waals surface area contributed by atoms with Crippen molar-refractivity contribution < 1.29 is 18.5 Å². The summed E-state index contributed by atoms with van der Waals surface area (Å²) in [6.45, 7) is 3.87. The average Bonchev–Trinajstić information content (AvgIpc) is 3.24. The van der Waals surface area contributed by atoms with Crippen LogP contribution in [0.1, 0.15) is 11.3 Å². The molecule has 11 heteroatoms. The number of nitro groups is 1. The molecule has 1 saturated heterocycles. The summed E-state index contributed by atoms with van der Waals surface area (Å²) in [6, 6.07) is 8.17. The second-order valence-electron chi connectivity index (χ2n) is 6.81. The SMILES string of the molecule is Cc1ccc(-c2ccc(/C=N/Nc3ncc(F)c(N4CCOCC4)n3)o2)c([N+](=O)[O-])c1. The van der Waals surface area contributed by atoms with E-state index in [0.29, 0.717) is 43.4 Å². The van der Waals surface area contributed by atoms with Crippen molar-refractivity contribution in [1.29, 1.82) is 0 Å². The predicted octanol–water partition coefficient (Wildman–Crippen LogP) is 3.37. The molecule has 3 aromatic rings. The topological polar surface area (TPSA) is 119 Å². The van der Waals surface area contributed by atoms with Gasteiger partial charge < -0.3 is 14.1 Å². The van der Waals surface area contributed by atoms with Crippen molar-refractivity contribution in [2.24, 2.45) is 5.10 Å². The summed E-state index contributed by atoms with van der Waals surface area (Å²) in [7, 11) is 0. The Morgan fingerprint density at radius 2 is 2.10 bits per heavy atom. The first-order valence-electron chi connectivity index (χ1n) is 9.51. The van der Waals surface area contributed by atoms with Crippen molar-refractivity contribution in [2.45, 2.75) is 6.92 Å². The lowest BCUT2D eigenvalue weighted by molar-refractivity contribution is -0.384. The van der Waals surface area contributed by atoms with E-state index in [1.165, 1.54) is 12.3 Å². The van der Waals surface area contributed by atoms with Gasteiger partial charge in [0.15, 0.2) is 11.6 Å². The first kappa shape index (κ1) is 20.4. The lowest BCUT2D eigenvalue weighted by atomic mass is 10.1. The summed E-state index contributed by atoms with van der Waals surface area (Å²) in [5, 5.41) is 15.3. The highest BCUT2D eigenvalue weighted by Crippen LogP contribution is 2.31. The number of ether oxygens (including phenoxy) is 1. The van der Waals surface area contributed by atoms with Gasteiger partial charge in [0.1, 0.15) is 11.5 Å². The molecule has 0 radical (unpaired) electrons. The predicted molar refractivity (Wildman–Crippen MR) is 112 cm³/mol. The molecule has 0 amide bonds. The van der Waals surface area contributed by atoms with E-state index in [0.717, 1.165) is 11.8 Å². The Morgan fingerprint density at radius 3 is 2.87 bits per heavy atom. The molecule has 1 aromatic carbocycles. The molecule has 0 unspecified atom stereocenters. The first-order chi connectivity index (χ1) is 15.0. The first-order valence-corrected chi connectivity index (χ1v) is 9.51. The van der Waals surface area contributed by atoms with E-state index in [-0.39, 0.29) is 17.5 Å². The second-order valence-corrected chi connectivity index (χ2v) is 6.81. The molecular weight excluding hydrogens is 407 g/mol. The summed E-state index contributed by atoms with van der Waals surface area (Å²) in [4.78, 5) is 20.7. The lowest BCUT2D eigenvalue weighted by Gasteiger charge is -2.27. The fourth-order valence-electron chi connectivity index (χ4n) is 3.13. The standard InChI is InChI=1S/C20H19FN6O4/c1-13-2-4-15(17(10-13)27(28)29)18-5-3-14(31-18)11-23-25-20-22-12-16(21)19(24-20)26-6-8-30-9-7-26/h2-5,10-12H,6-9H2,1H3,(H,22,24,25)/b23-11+. The van der Waals surface area contributed by atoms with E-state index in [9.17, 15) is 14.5 Å². The normalized spacial score (nSPS) is 14.2. The van der Waals surface area contributed by atoms with Crippen LogP contribution in [0, 0.1) is 22.9 Å². The molecule has 4 rings (SSSR count). The average molecular weight is 426 g/mol. The number of furan rings is 1. The van der Waals surface area contributed by atoms with Crippen LogP contribution in [0.3, 0.4) is 0 Å². The van der Waals surface area contributed by atoms with Crippen LogP contribution < -0.4 is 10.3 Å². The molecule has 160 valence electrons. The zero-order valence-electron chi connectivity index (χ0n) is 16.6. The number of rotatable bonds is 6. The molecule has 0 saturated carbocycles. The summed E-state index contributed by atoms with van der Waals surface area (Å²) < 4.78 is 25.0. The van der Waals surface area contributed by atoms with E-state index < -0.39 is 10.7 Å². The number of anilines is 2. The molecule has 1 N–H and O–H groups in total. The summed E-state index contributed by atoms with van der Waals surface area (Å²) in [6.07, 6.45) is 2.46. The van der Waals surface area contributed by atoms with Crippen LogP contribution in [0.25, 0.3) is 11.3 Å². The number of hydrogen-bond acceptors (Lipinski definition) is 9. The molecule has 3 heterocycles. The van der Waals surface area contributed by atoms with Gasteiger partial charge in [-0.25, -0.2) is 14.8 Å². The van der Waals surface area contributed by atoms with Crippen molar-refractivity contribution in [3.63, 3.8) is 0 Å². The maximum atomic E-state index is 14.1. The van der Waals surface area contributed by atoms with Gasteiger partial charge in [0.2, 0.25) is 5.95 Å². The van der Waals surface area contributed by atoms with Crippen LogP contribution in [-0.2, 0) is 4.74 Å². The Labute approximate surface area is 176 Å². The number of nitro benzene ring substituents is 1. The molecule has 0 atom stereocenters. The van der Waals surface area contributed by atoms with Gasteiger partial charge in [-0.1, -0.05) is 6.07 Å². The van der Waals surface area contributed by atoms with Crippen LogP contribution in [0.5, 0.6) is 0 Å². The van der Waals surface area contributed by atoms with Crippen molar-refractivity contribution in [3.05, 3.63) is 63.8 Å². The number of hydrogen-bond donors (Lipinski definition) is 1. The molecule has 0 bridgehead atoms. The van der Waals surface area contributed by atoms with E-state index >= 15 is 0 Å². The Balaban J connectivity index is 1.48. The number of nitrogens with zero attached hydrogens (tertiary/aromatic N) is 5. The largest absolute Gasteiger partial charge is 0.455 e. The summed E-state index contributed by atoms with van der Waals surface area (Å²) >= 11 is 0. The van der Waals surface area contributed by atoms with Gasteiger partial charge in [-0.05, 0) is 30.7 Å². The van der Waals surface area contributed by atoms with Gasteiger partial charge in [0.25, 0.3) is 5.69 Å². The smallest absolute Gasteiger partial charge is 0.280 e. The number of benzene rings is 1. The van der Waals surface area contributed by atoms with Gasteiger partial charge in [0, 0.05) is 19.2 Å². The van der Waals surface area contributed by atoms with Crippen LogP contribution in [0.4, 0.5) is 21.8 Å². The van der Waals surface area contributed by atoms with Crippen molar-refractivity contribution >= 4 is 23.7 Å². The fraction of sp³-hybridized carbons (Fsp3) is 0.250. The maximum absolute atomic E-state index is 14.1.